The van der Waals surface area contributed by atoms with Gasteiger partial charge in [-0.3, -0.25) is 9.59 Å². The lowest BCUT2D eigenvalue weighted by molar-refractivity contribution is -0.316. The Bertz CT molecular complexity index is 1330. The summed E-state index contributed by atoms with van der Waals surface area (Å²) in [4.78, 5) is 27.3. The smallest absolute Gasteiger partial charge is 0.324 e. The van der Waals surface area contributed by atoms with Gasteiger partial charge < -0.3 is 10.2 Å². The van der Waals surface area contributed by atoms with Gasteiger partial charge in [-0.25, -0.2) is 4.68 Å². The summed E-state index contributed by atoms with van der Waals surface area (Å²) >= 11 is -1.05. The molecule has 2 heterocycles. The maximum Gasteiger partial charge on any atom is 0.426 e. The number of nitrogens with zero attached hydrogens (tertiary/aromatic N) is 4. The minimum atomic E-state index is -5.84. The lowest BCUT2D eigenvalue weighted by Crippen LogP contribution is -2.59. The van der Waals surface area contributed by atoms with E-state index >= 15 is 0 Å². The number of aromatic nitrogens is 3. The van der Waals surface area contributed by atoms with Crippen LogP contribution in [0.4, 0.5) is 32.0 Å². The molecule has 1 aromatic heterocycles. The quantitative estimate of drug-likeness (QED) is 0.359. The van der Waals surface area contributed by atoms with E-state index in [1.807, 2.05) is 0 Å². The number of hydrogen-bond donors (Lipinski definition) is 2. The van der Waals surface area contributed by atoms with Gasteiger partial charge in [-0.1, -0.05) is 23.4 Å². The number of benzene rings is 2. The largest absolute Gasteiger partial charge is 0.426 e. The Labute approximate surface area is 214 Å². The van der Waals surface area contributed by atoms with Crippen LogP contribution in [0.25, 0.3) is 0 Å². The standard InChI is InChI=1S/C23H19F6N5O3S/c1-13(35)33-12-14-11-17(38(2)37)7-8-18(14)19(33)20(36)31-16-5-3-15(4-6-16)21(22(24,25)26,23(27,28)29)34-10-9-30-32-34/h3-11,19,37H,12H2,1-2H3/p+1. The molecule has 38 heavy (non-hydrogen) atoms. The fourth-order valence-electron chi connectivity index (χ4n) is 4.46. The van der Waals surface area contributed by atoms with Crippen LogP contribution in [0.1, 0.15) is 29.7 Å². The van der Waals surface area contributed by atoms with Crippen LogP contribution in [0.15, 0.2) is 59.8 Å². The number of carbonyl (C=O) groups excluding carboxylic acids is 2. The van der Waals surface area contributed by atoms with Gasteiger partial charge in [0.25, 0.3) is 11.4 Å². The monoisotopic (exact) mass is 560 g/mol. The van der Waals surface area contributed by atoms with Gasteiger partial charge in [-0.05, 0) is 34.9 Å². The summed E-state index contributed by atoms with van der Waals surface area (Å²) in [5.74, 6) is -1.14. The Morgan fingerprint density at radius 2 is 1.68 bits per heavy atom. The summed E-state index contributed by atoms with van der Waals surface area (Å²) in [7, 11) is 0. The minimum absolute atomic E-state index is 0.0876. The van der Waals surface area contributed by atoms with Crippen molar-refractivity contribution in [1.29, 1.82) is 0 Å². The molecule has 0 radical (unpaired) electrons. The number of nitrogens with one attached hydrogen (secondary N) is 1. The van der Waals surface area contributed by atoms with Gasteiger partial charge in [0.2, 0.25) is 5.91 Å². The number of fused-ring (bicyclic) bond motifs is 1. The highest BCUT2D eigenvalue weighted by atomic mass is 32.2. The van der Waals surface area contributed by atoms with Crippen LogP contribution in [0.3, 0.4) is 0 Å². The molecule has 3 aromatic rings. The van der Waals surface area contributed by atoms with Gasteiger partial charge in [0.1, 0.15) is 12.3 Å². The van der Waals surface area contributed by atoms with E-state index in [9.17, 15) is 40.5 Å². The molecular weight excluding hydrogens is 540 g/mol. The third-order valence-corrected chi connectivity index (χ3v) is 7.15. The number of anilines is 1. The van der Waals surface area contributed by atoms with E-state index in [-0.39, 0.29) is 16.9 Å². The van der Waals surface area contributed by atoms with E-state index in [4.69, 9.17) is 0 Å². The van der Waals surface area contributed by atoms with Crippen LogP contribution < -0.4 is 5.32 Å². The molecule has 0 bridgehead atoms. The van der Waals surface area contributed by atoms with Crippen LogP contribution in [0, 0.1) is 0 Å². The van der Waals surface area contributed by atoms with Gasteiger partial charge in [0, 0.05) is 31.4 Å². The molecule has 2 amide bonds. The molecule has 2 unspecified atom stereocenters. The Morgan fingerprint density at radius 1 is 1.05 bits per heavy atom. The summed E-state index contributed by atoms with van der Waals surface area (Å²) in [5.41, 5.74) is -4.67. The zero-order chi connectivity index (χ0) is 28.0. The predicted molar refractivity (Wildman–Crippen MR) is 124 cm³/mol. The number of hydrogen-bond acceptors (Lipinski definition) is 5. The Kier molecular flexibility index (Phi) is 6.95. The van der Waals surface area contributed by atoms with E-state index in [1.165, 1.54) is 11.8 Å². The van der Waals surface area contributed by atoms with Crippen molar-refractivity contribution in [3.8, 4) is 0 Å². The molecule has 4 rings (SSSR count). The molecule has 2 atom stereocenters. The van der Waals surface area contributed by atoms with Gasteiger partial charge >= 0.3 is 12.4 Å². The van der Waals surface area contributed by atoms with E-state index in [0.29, 0.717) is 40.5 Å². The Balaban J connectivity index is 1.67. The first-order chi connectivity index (χ1) is 17.7. The van der Waals surface area contributed by atoms with Crippen molar-refractivity contribution in [1.82, 2.24) is 19.9 Å². The maximum atomic E-state index is 14.0. The Hall–Kier alpha value is -3.59. The average Bonchev–Trinajstić information content (AvgIpc) is 3.46. The van der Waals surface area contributed by atoms with Crippen molar-refractivity contribution in [3.05, 3.63) is 71.5 Å². The van der Waals surface area contributed by atoms with Crippen molar-refractivity contribution >= 4 is 28.7 Å². The molecule has 2 N–H and O–H groups in total. The van der Waals surface area contributed by atoms with Crippen LogP contribution in [0.2, 0.25) is 0 Å². The van der Waals surface area contributed by atoms with Gasteiger partial charge in [0.15, 0.2) is 16.1 Å². The summed E-state index contributed by atoms with van der Waals surface area (Å²) in [6.07, 6.45) is -8.93. The predicted octanol–water partition coefficient (Wildman–Crippen LogP) is 4.27. The van der Waals surface area contributed by atoms with Crippen LogP contribution in [-0.2, 0) is 32.8 Å². The molecule has 0 saturated heterocycles. The van der Waals surface area contributed by atoms with E-state index in [2.05, 4.69) is 15.6 Å². The van der Waals surface area contributed by atoms with Crippen molar-refractivity contribution in [3.63, 3.8) is 0 Å². The summed E-state index contributed by atoms with van der Waals surface area (Å²) in [6, 6.07) is 6.80. The molecule has 1 aliphatic rings. The lowest BCUT2D eigenvalue weighted by Gasteiger charge is -2.37. The first kappa shape index (κ1) is 27.4. The van der Waals surface area contributed by atoms with Gasteiger partial charge in [-0.15, -0.1) is 5.10 Å². The van der Waals surface area contributed by atoms with Crippen molar-refractivity contribution in [2.45, 2.75) is 42.3 Å². The minimum Gasteiger partial charge on any atom is -0.324 e. The molecule has 0 aliphatic carbocycles. The van der Waals surface area contributed by atoms with Crippen molar-refractivity contribution in [2.24, 2.45) is 0 Å². The fourth-order valence-corrected chi connectivity index (χ4v) is 5.04. The normalized spacial score (nSPS) is 16.8. The van der Waals surface area contributed by atoms with E-state index in [1.54, 1.807) is 24.5 Å². The van der Waals surface area contributed by atoms with Crippen LogP contribution in [0.5, 0.6) is 0 Å². The molecule has 15 heteroatoms. The average molecular weight is 561 g/mol. The SMILES string of the molecule is CC(=O)N1Cc2cc([S+](C)O)ccc2C1C(=O)Nc1ccc(C(n2ccnn2)(C(F)(F)F)C(F)(F)F)cc1. The van der Waals surface area contributed by atoms with Gasteiger partial charge in [-0.2, -0.15) is 30.9 Å². The molecule has 202 valence electrons. The highest BCUT2D eigenvalue weighted by molar-refractivity contribution is 7.90. The third kappa shape index (κ3) is 4.49. The third-order valence-electron chi connectivity index (χ3n) is 6.21. The topological polar surface area (TPSA) is 100 Å². The zero-order valence-electron chi connectivity index (χ0n) is 19.7. The molecule has 1 aliphatic heterocycles. The first-order valence-corrected chi connectivity index (χ1v) is 12.4. The van der Waals surface area contributed by atoms with Crippen molar-refractivity contribution < 1.29 is 40.5 Å². The number of alkyl halides is 6. The number of carbonyl (C=O) groups is 2. The fraction of sp³-hybridized carbons (Fsp3) is 0.304. The van der Waals surface area contributed by atoms with Gasteiger partial charge in [0.05, 0.1) is 6.20 Å². The zero-order valence-corrected chi connectivity index (χ0v) is 20.5. The molecule has 2 aromatic carbocycles. The highest BCUT2D eigenvalue weighted by Gasteiger charge is 2.74. The second kappa shape index (κ2) is 9.62. The van der Waals surface area contributed by atoms with E-state index in [0.717, 1.165) is 12.1 Å². The summed E-state index contributed by atoms with van der Waals surface area (Å²) in [5, 5.41) is 8.56. The van der Waals surface area contributed by atoms with Crippen LogP contribution >= 0.6 is 0 Å². The summed E-state index contributed by atoms with van der Waals surface area (Å²) in [6.45, 7) is 1.35. The number of amides is 2. The van der Waals surface area contributed by atoms with Crippen molar-refractivity contribution in [2.75, 3.05) is 11.6 Å². The maximum absolute atomic E-state index is 14.0. The second-order valence-corrected chi connectivity index (χ2v) is 9.94. The molecule has 0 saturated carbocycles. The second-order valence-electron chi connectivity index (χ2n) is 8.51. The molecule has 8 nitrogen and oxygen atoms in total. The Morgan fingerprint density at radius 3 is 2.18 bits per heavy atom. The molecule has 0 spiro atoms. The first-order valence-electron chi connectivity index (χ1n) is 10.8. The molecular formula is C23H20F6N5O3S+. The lowest BCUT2D eigenvalue weighted by atomic mass is 9.88. The van der Waals surface area contributed by atoms with Crippen LogP contribution in [-0.4, -0.2) is 54.9 Å². The van der Waals surface area contributed by atoms with E-state index < -0.39 is 52.5 Å². The summed E-state index contributed by atoms with van der Waals surface area (Å²) < 4.78 is 93.8. The highest BCUT2D eigenvalue weighted by Crippen LogP contribution is 2.52. The number of halogens is 6. The number of rotatable bonds is 5. The molecule has 0 fully saturated rings.